The molecule has 0 aliphatic carbocycles. The zero-order chi connectivity index (χ0) is 11.5. The third kappa shape index (κ3) is 2.41. The summed E-state index contributed by atoms with van der Waals surface area (Å²) < 4.78 is 1.17. The third-order valence-corrected chi connectivity index (χ3v) is 4.00. The summed E-state index contributed by atoms with van der Waals surface area (Å²) in [4.78, 5) is 2.49. The summed E-state index contributed by atoms with van der Waals surface area (Å²) in [6.45, 7) is 4.08. The molecule has 2 nitrogen and oxygen atoms in total. The van der Waals surface area contributed by atoms with Crippen LogP contribution in [0.3, 0.4) is 0 Å². The van der Waals surface area contributed by atoms with Gasteiger partial charge in [0.1, 0.15) is 0 Å². The highest BCUT2D eigenvalue weighted by Crippen LogP contribution is 2.31. The van der Waals surface area contributed by atoms with Crippen LogP contribution in [-0.4, -0.2) is 12.6 Å². The molecule has 1 heterocycles. The number of hydrogen-bond donors (Lipinski definition) is 1. The van der Waals surface area contributed by atoms with E-state index >= 15 is 0 Å². The number of anilines is 1. The molecule has 0 radical (unpaired) electrons. The van der Waals surface area contributed by atoms with Crippen LogP contribution < -0.4 is 10.6 Å². The molecule has 1 fully saturated rings. The van der Waals surface area contributed by atoms with E-state index in [9.17, 15) is 0 Å². The van der Waals surface area contributed by atoms with E-state index in [1.807, 2.05) is 0 Å². The Kier molecular flexibility index (Phi) is 3.87. The van der Waals surface area contributed by atoms with Gasteiger partial charge in [-0.05, 0) is 59.8 Å². The molecule has 0 aromatic heterocycles. The van der Waals surface area contributed by atoms with Gasteiger partial charge in [0, 0.05) is 23.6 Å². The van der Waals surface area contributed by atoms with E-state index in [1.54, 1.807) is 0 Å². The van der Waals surface area contributed by atoms with Crippen molar-refractivity contribution in [2.45, 2.75) is 38.8 Å². The summed E-state index contributed by atoms with van der Waals surface area (Å²) in [5, 5.41) is 0. The predicted molar refractivity (Wildman–Crippen MR) is 72.7 cm³/mol. The SMILES string of the molecule is CC1CCCCN1c1ccc(CN)cc1Br. The number of halogens is 1. The Morgan fingerprint density at radius 3 is 2.88 bits per heavy atom. The fourth-order valence-corrected chi connectivity index (χ4v) is 3.02. The third-order valence-electron chi connectivity index (χ3n) is 3.36. The molecule has 88 valence electrons. The summed E-state index contributed by atoms with van der Waals surface area (Å²) in [6.07, 6.45) is 3.96. The highest BCUT2D eigenvalue weighted by Gasteiger charge is 2.20. The maximum Gasteiger partial charge on any atom is 0.0513 e. The largest absolute Gasteiger partial charge is 0.368 e. The molecule has 0 bridgehead atoms. The van der Waals surface area contributed by atoms with Gasteiger partial charge in [-0.25, -0.2) is 0 Å². The minimum absolute atomic E-state index is 0.606. The molecular weight excluding hydrogens is 264 g/mol. The lowest BCUT2D eigenvalue weighted by Gasteiger charge is -2.36. The Morgan fingerprint density at radius 1 is 1.44 bits per heavy atom. The lowest BCUT2D eigenvalue weighted by molar-refractivity contribution is 0.484. The molecule has 2 rings (SSSR count). The second-order valence-corrected chi connectivity index (χ2v) is 5.38. The molecule has 1 saturated heterocycles. The zero-order valence-electron chi connectivity index (χ0n) is 9.75. The van der Waals surface area contributed by atoms with Crippen LogP contribution >= 0.6 is 15.9 Å². The monoisotopic (exact) mass is 282 g/mol. The number of hydrogen-bond acceptors (Lipinski definition) is 2. The molecule has 0 spiro atoms. The van der Waals surface area contributed by atoms with Crippen molar-refractivity contribution >= 4 is 21.6 Å². The fourth-order valence-electron chi connectivity index (χ4n) is 2.37. The van der Waals surface area contributed by atoms with Crippen molar-refractivity contribution in [1.82, 2.24) is 0 Å². The standard InChI is InChI=1S/C13H19BrN2/c1-10-4-2-3-7-16(10)13-6-5-11(9-15)8-12(13)14/h5-6,8,10H,2-4,7,9,15H2,1H3. The number of rotatable bonds is 2. The van der Waals surface area contributed by atoms with Crippen LogP contribution in [0.5, 0.6) is 0 Å². The summed E-state index contributed by atoms with van der Waals surface area (Å²) in [5.74, 6) is 0. The van der Waals surface area contributed by atoms with E-state index in [0.29, 0.717) is 12.6 Å². The average molecular weight is 283 g/mol. The first-order valence-corrected chi connectivity index (χ1v) is 6.77. The Hall–Kier alpha value is -0.540. The summed E-state index contributed by atoms with van der Waals surface area (Å²) in [7, 11) is 0. The van der Waals surface area contributed by atoms with E-state index in [-0.39, 0.29) is 0 Å². The lowest BCUT2D eigenvalue weighted by Crippen LogP contribution is -2.37. The summed E-state index contributed by atoms with van der Waals surface area (Å²) in [6, 6.07) is 7.10. The fraction of sp³-hybridized carbons (Fsp3) is 0.538. The summed E-state index contributed by atoms with van der Waals surface area (Å²) in [5.41, 5.74) is 8.13. The van der Waals surface area contributed by atoms with Crippen molar-refractivity contribution in [2.24, 2.45) is 5.73 Å². The number of benzene rings is 1. The summed E-state index contributed by atoms with van der Waals surface area (Å²) >= 11 is 3.65. The Bertz CT molecular complexity index is 365. The maximum absolute atomic E-state index is 5.64. The molecule has 1 aromatic carbocycles. The molecule has 0 amide bonds. The van der Waals surface area contributed by atoms with Gasteiger partial charge < -0.3 is 10.6 Å². The smallest absolute Gasteiger partial charge is 0.0513 e. The molecular formula is C13H19BrN2. The van der Waals surface area contributed by atoms with E-state index in [1.165, 1.54) is 41.5 Å². The minimum atomic E-state index is 0.606. The predicted octanol–water partition coefficient (Wildman–Crippen LogP) is 3.29. The second kappa shape index (κ2) is 5.19. The normalized spacial score (nSPS) is 21.2. The Labute approximate surface area is 106 Å². The minimum Gasteiger partial charge on any atom is -0.368 e. The van der Waals surface area contributed by atoms with E-state index in [2.05, 4.69) is 46.0 Å². The molecule has 1 aliphatic rings. The topological polar surface area (TPSA) is 29.3 Å². The van der Waals surface area contributed by atoms with Gasteiger partial charge in [-0.15, -0.1) is 0 Å². The molecule has 0 saturated carbocycles. The number of nitrogens with zero attached hydrogens (tertiary/aromatic N) is 1. The van der Waals surface area contributed by atoms with Crippen molar-refractivity contribution in [2.75, 3.05) is 11.4 Å². The van der Waals surface area contributed by atoms with Crippen LogP contribution in [-0.2, 0) is 6.54 Å². The molecule has 1 atom stereocenters. The van der Waals surface area contributed by atoms with E-state index < -0.39 is 0 Å². The lowest BCUT2D eigenvalue weighted by atomic mass is 10.0. The average Bonchev–Trinajstić information content (AvgIpc) is 2.30. The molecule has 1 unspecified atom stereocenters. The zero-order valence-corrected chi connectivity index (χ0v) is 11.3. The Morgan fingerprint density at radius 2 is 2.25 bits per heavy atom. The van der Waals surface area contributed by atoms with Crippen molar-refractivity contribution in [1.29, 1.82) is 0 Å². The second-order valence-electron chi connectivity index (χ2n) is 4.53. The van der Waals surface area contributed by atoms with Gasteiger partial charge >= 0.3 is 0 Å². The maximum atomic E-state index is 5.64. The van der Waals surface area contributed by atoms with Crippen molar-refractivity contribution in [3.05, 3.63) is 28.2 Å². The van der Waals surface area contributed by atoms with Crippen molar-refractivity contribution in [3.8, 4) is 0 Å². The van der Waals surface area contributed by atoms with Gasteiger partial charge in [0.25, 0.3) is 0 Å². The van der Waals surface area contributed by atoms with Gasteiger partial charge in [-0.2, -0.15) is 0 Å². The molecule has 1 aliphatic heterocycles. The van der Waals surface area contributed by atoms with Crippen molar-refractivity contribution in [3.63, 3.8) is 0 Å². The van der Waals surface area contributed by atoms with Crippen LogP contribution in [0.2, 0.25) is 0 Å². The Balaban J connectivity index is 2.25. The number of piperidine rings is 1. The molecule has 2 N–H and O–H groups in total. The van der Waals surface area contributed by atoms with Crippen LogP contribution in [0.15, 0.2) is 22.7 Å². The van der Waals surface area contributed by atoms with Gasteiger partial charge in [-0.3, -0.25) is 0 Å². The van der Waals surface area contributed by atoms with Gasteiger partial charge in [0.05, 0.1) is 5.69 Å². The molecule has 3 heteroatoms. The van der Waals surface area contributed by atoms with E-state index in [4.69, 9.17) is 5.73 Å². The molecule has 1 aromatic rings. The van der Waals surface area contributed by atoms with E-state index in [0.717, 1.165) is 0 Å². The molecule has 16 heavy (non-hydrogen) atoms. The van der Waals surface area contributed by atoms with Crippen LogP contribution in [0, 0.1) is 0 Å². The first kappa shape index (κ1) is 11.9. The number of nitrogens with two attached hydrogens (primary N) is 1. The van der Waals surface area contributed by atoms with Crippen LogP contribution in [0.25, 0.3) is 0 Å². The van der Waals surface area contributed by atoms with Crippen LogP contribution in [0.1, 0.15) is 31.7 Å². The first-order chi connectivity index (χ1) is 7.72. The highest BCUT2D eigenvalue weighted by molar-refractivity contribution is 9.10. The van der Waals surface area contributed by atoms with Gasteiger partial charge in [-0.1, -0.05) is 6.07 Å². The highest BCUT2D eigenvalue weighted by atomic mass is 79.9. The van der Waals surface area contributed by atoms with Crippen LogP contribution in [0.4, 0.5) is 5.69 Å². The quantitative estimate of drug-likeness (QED) is 0.902. The van der Waals surface area contributed by atoms with Gasteiger partial charge in [0.15, 0.2) is 0 Å². The first-order valence-electron chi connectivity index (χ1n) is 5.97. The van der Waals surface area contributed by atoms with Crippen molar-refractivity contribution < 1.29 is 0 Å². The van der Waals surface area contributed by atoms with Gasteiger partial charge in [0.2, 0.25) is 0 Å².